The number of hydrogen-bond acceptors (Lipinski definition) is 3. The molecule has 1 aromatic rings. The van der Waals surface area contributed by atoms with Crippen molar-refractivity contribution in [3.63, 3.8) is 0 Å². The molecule has 0 radical (unpaired) electrons. The third-order valence-electron chi connectivity index (χ3n) is 3.15. The van der Waals surface area contributed by atoms with E-state index in [1.54, 1.807) is 12.4 Å². The van der Waals surface area contributed by atoms with Crippen molar-refractivity contribution in [2.24, 2.45) is 5.92 Å². The molecule has 0 aliphatic rings. The molecule has 0 spiro atoms. The van der Waals surface area contributed by atoms with Gasteiger partial charge < -0.3 is 9.84 Å². The van der Waals surface area contributed by atoms with Crippen LogP contribution in [0.5, 0.6) is 5.75 Å². The monoisotopic (exact) mass is 251 g/mol. The van der Waals surface area contributed by atoms with Crippen LogP contribution in [0.3, 0.4) is 0 Å². The first-order valence-corrected chi connectivity index (χ1v) is 6.98. The quantitative estimate of drug-likeness (QED) is 0.765. The van der Waals surface area contributed by atoms with Crippen LogP contribution in [0.4, 0.5) is 0 Å². The van der Waals surface area contributed by atoms with Gasteiger partial charge in [-0.05, 0) is 31.7 Å². The van der Waals surface area contributed by atoms with E-state index in [-0.39, 0.29) is 0 Å². The van der Waals surface area contributed by atoms with Crippen molar-refractivity contribution in [2.45, 2.75) is 52.6 Å². The average Bonchev–Trinajstić information content (AvgIpc) is 2.38. The van der Waals surface area contributed by atoms with Crippen LogP contribution in [0.2, 0.25) is 0 Å². The van der Waals surface area contributed by atoms with Crippen molar-refractivity contribution < 1.29 is 9.84 Å². The predicted octanol–water partition coefficient (Wildman–Crippen LogP) is 3.73. The van der Waals surface area contributed by atoms with Crippen LogP contribution in [0, 0.1) is 5.92 Å². The summed E-state index contributed by atoms with van der Waals surface area (Å²) in [5.74, 6) is 1.06. The molecule has 1 heterocycles. The topological polar surface area (TPSA) is 42.4 Å². The molecule has 0 bridgehead atoms. The van der Waals surface area contributed by atoms with Gasteiger partial charge in [0, 0.05) is 11.8 Å². The largest absolute Gasteiger partial charge is 0.492 e. The second kappa shape index (κ2) is 8.09. The number of pyridine rings is 1. The zero-order valence-electron chi connectivity index (χ0n) is 11.7. The molecule has 1 N–H and O–H groups in total. The fourth-order valence-corrected chi connectivity index (χ4v) is 2.32. The highest BCUT2D eigenvalue weighted by Gasteiger charge is 2.20. The maximum Gasteiger partial charge on any atom is 0.137 e. The molecule has 1 unspecified atom stereocenters. The number of aliphatic hydroxyl groups excluding tert-OH is 1. The Morgan fingerprint density at radius 2 is 1.83 bits per heavy atom. The first kappa shape index (κ1) is 15.0. The van der Waals surface area contributed by atoms with Crippen molar-refractivity contribution >= 4 is 0 Å². The smallest absolute Gasteiger partial charge is 0.137 e. The molecular weight excluding hydrogens is 226 g/mol. The van der Waals surface area contributed by atoms with E-state index in [1.807, 2.05) is 13.0 Å². The van der Waals surface area contributed by atoms with Crippen molar-refractivity contribution in [1.82, 2.24) is 4.98 Å². The van der Waals surface area contributed by atoms with E-state index in [9.17, 15) is 5.11 Å². The van der Waals surface area contributed by atoms with Gasteiger partial charge in [0.05, 0.1) is 18.9 Å². The Kier molecular flexibility index (Phi) is 6.73. The van der Waals surface area contributed by atoms with Crippen LogP contribution in [0.1, 0.15) is 58.1 Å². The minimum absolute atomic E-state index is 0.318. The van der Waals surface area contributed by atoms with Gasteiger partial charge in [0.2, 0.25) is 0 Å². The van der Waals surface area contributed by atoms with E-state index in [4.69, 9.17) is 4.74 Å². The number of ether oxygens (including phenoxy) is 1. The molecule has 18 heavy (non-hydrogen) atoms. The molecule has 0 fully saturated rings. The summed E-state index contributed by atoms with van der Waals surface area (Å²) < 4.78 is 5.42. The van der Waals surface area contributed by atoms with E-state index in [0.717, 1.165) is 37.0 Å². The molecule has 0 saturated carbocycles. The van der Waals surface area contributed by atoms with Crippen LogP contribution >= 0.6 is 0 Å². The van der Waals surface area contributed by atoms with E-state index in [0.29, 0.717) is 12.5 Å². The fourth-order valence-electron chi connectivity index (χ4n) is 2.32. The summed E-state index contributed by atoms with van der Waals surface area (Å²) in [5, 5.41) is 10.4. The zero-order chi connectivity index (χ0) is 13.4. The minimum atomic E-state index is -0.433. The third kappa shape index (κ3) is 4.30. The van der Waals surface area contributed by atoms with Crippen LogP contribution in [0.25, 0.3) is 0 Å². The molecular formula is C15H25NO2. The molecule has 102 valence electrons. The van der Waals surface area contributed by atoms with Crippen LogP contribution in [-0.2, 0) is 0 Å². The molecule has 0 aromatic carbocycles. The lowest BCUT2D eigenvalue weighted by Gasteiger charge is -2.22. The zero-order valence-corrected chi connectivity index (χ0v) is 11.7. The lowest BCUT2D eigenvalue weighted by molar-refractivity contribution is 0.0958. The summed E-state index contributed by atoms with van der Waals surface area (Å²) in [6, 6.07) is 1.90. The molecule has 1 atom stereocenters. The Labute approximate surface area is 110 Å². The van der Waals surface area contributed by atoms with Gasteiger partial charge in [-0.1, -0.05) is 26.7 Å². The maximum absolute atomic E-state index is 10.4. The molecule has 0 aliphatic carbocycles. The number of aliphatic hydroxyl groups is 1. The van der Waals surface area contributed by atoms with Gasteiger partial charge in [-0.15, -0.1) is 0 Å². The van der Waals surface area contributed by atoms with Crippen molar-refractivity contribution in [3.8, 4) is 5.75 Å². The SMILES string of the molecule is CCCC(CCC)C(O)c1cncc(OCC)c1. The van der Waals surface area contributed by atoms with E-state index in [1.165, 1.54) is 0 Å². The van der Waals surface area contributed by atoms with Crippen molar-refractivity contribution in [3.05, 3.63) is 24.0 Å². The summed E-state index contributed by atoms with van der Waals surface area (Å²) in [6.45, 7) is 6.88. The Balaban J connectivity index is 2.79. The number of hydrogen-bond donors (Lipinski definition) is 1. The highest BCUT2D eigenvalue weighted by atomic mass is 16.5. The number of nitrogens with zero attached hydrogens (tertiary/aromatic N) is 1. The third-order valence-corrected chi connectivity index (χ3v) is 3.15. The van der Waals surface area contributed by atoms with Gasteiger partial charge in [0.25, 0.3) is 0 Å². The Morgan fingerprint density at radius 3 is 2.39 bits per heavy atom. The van der Waals surface area contributed by atoms with E-state index < -0.39 is 6.10 Å². The maximum atomic E-state index is 10.4. The standard InChI is InChI=1S/C15H25NO2/c1-4-7-12(8-5-2)15(17)13-9-14(18-6-3)11-16-10-13/h9-12,15,17H,4-8H2,1-3H3. The van der Waals surface area contributed by atoms with Gasteiger partial charge >= 0.3 is 0 Å². The van der Waals surface area contributed by atoms with Gasteiger partial charge in [-0.2, -0.15) is 0 Å². The second-order valence-electron chi connectivity index (χ2n) is 4.67. The summed E-state index contributed by atoms with van der Waals surface area (Å²) in [4.78, 5) is 4.14. The van der Waals surface area contributed by atoms with Gasteiger partial charge in [-0.25, -0.2) is 0 Å². The molecule has 3 nitrogen and oxygen atoms in total. The highest BCUT2D eigenvalue weighted by molar-refractivity contribution is 5.25. The predicted molar refractivity (Wildman–Crippen MR) is 73.7 cm³/mol. The summed E-state index contributed by atoms with van der Waals surface area (Å²) in [7, 11) is 0. The molecule has 0 saturated heterocycles. The second-order valence-corrected chi connectivity index (χ2v) is 4.67. The average molecular weight is 251 g/mol. The van der Waals surface area contributed by atoms with Crippen LogP contribution in [0.15, 0.2) is 18.5 Å². The molecule has 1 rings (SSSR count). The van der Waals surface area contributed by atoms with Crippen LogP contribution in [-0.4, -0.2) is 16.7 Å². The lowest BCUT2D eigenvalue weighted by Crippen LogP contribution is -2.13. The first-order chi connectivity index (χ1) is 8.72. The lowest BCUT2D eigenvalue weighted by atomic mass is 9.89. The molecule has 0 aliphatic heterocycles. The Hall–Kier alpha value is -1.09. The van der Waals surface area contributed by atoms with Gasteiger partial charge in [0.15, 0.2) is 0 Å². The van der Waals surface area contributed by atoms with Gasteiger partial charge in [-0.3, -0.25) is 4.98 Å². The number of rotatable bonds is 8. The minimum Gasteiger partial charge on any atom is -0.492 e. The molecule has 0 amide bonds. The molecule has 3 heteroatoms. The summed E-state index contributed by atoms with van der Waals surface area (Å²) in [5.41, 5.74) is 0.868. The van der Waals surface area contributed by atoms with Gasteiger partial charge in [0.1, 0.15) is 5.75 Å². The summed E-state index contributed by atoms with van der Waals surface area (Å²) >= 11 is 0. The fraction of sp³-hybridized carbons (Fsp3) is 0.667. The van der Waals surface area contributed by atoms with Crippen LogP contribution < -0.4 is 4.74 Å². The highest BCUT2D eigenvalue weighted by Crippen LogP contribution is 2.30. The van der Waals surface area contributed by atoms with Crippen molar-refractivity contribution in [2.75, 3.05) is 6.61 Å². The normalized spacial score (nSPS) is 12.7. The summed E-state index contributed by atoms with van der Waals surface area (Å²) in [6.07, 6.45) is 7.29. The Morgan fingerprint density at radius 1 is 1.17 bits per heavy atom. The first-order valence-electron chi connectivity index (χ1n) is 6.98. The molecule has 1 aromatic heterocycles. The van der Waals surface area contributed by atoms with E-state index in [2.05, 4.69) is 18.8 Å². The van der Waals surface area contributed by atoms with E-state index >= 15 is 0 Å². The Bertz CT molecular complexity index is 335. The number of aromatic nitrogens is 1. The van der Waals surface area contributed by atoms with Crippen molar-refractivity contribution in [1.29, 1.82) is 0 Å².